The van der Waals surface area contributed by atoms with E-state index < -0.39 is 0 Å². The van der Waals surface area contributed by atoms with Crippen LogP contribution in [0.1, 0.15) is 26.3 Å². The molecule has 0 saturated heterocycles. The quantitative estimate of drug-likeness (QED) is 0.709. The Kier molecular flexibility index (Phi) is 4.98. The summed E-state index contributed by atoms with van der Waals surface area (Å²) in [6.07, 6.45) is 3.29. The molecular formula is C17H18BrN5O2. The third-order valence-corrected chi connectivity index (χ3v) is 4.29. The zero-order valence-electron chi connectivity index (χ0n) is 13.9. The van der Waals surface area contributed by atoms with Crippen LogP contribution in [-0.4, -0.2) is 25.2 Å². The minimum absolute atomic E-state index is 0.149. The highest BCUT2D eigenvalue weighted by Gasteiger charge is 2.11. The number of fused-ring (bicyclic) bond motifs is 1. The number of amides is 1. The van der Waals surface area contributed by atoms with E-state index in [1.54, 1.807) is 29.1 Å². The van der Waals surface area contributed by atoms with Crippen molar-refractivity contribution in [1.29, 1.82) is 0 Å². The molecule has 0 saturated carbocycles. The number of aromatic nitrogens is 4. The Morgan fingerprint density at radius 2 is 2.12 bits per heavy atom. The molecule has 7 nitrogen and oxygen atoms in total. The van der Waals surface area contributed by atoms with Crippen LogP contribution in [0.2, 0.25) is 0 Å². The molecule has 3 rings (SSSR count). The van der Waals surface area contributed by atoms with Gasteiger partial charge >= 0.3 is 0 Å². The maximum Gasteiger partial charge on any atom is 0.261 e. The second-order valence-corrected chi connectivity index (χ2v) is 6.87. The first-order valence-electron chi connectivity index (χ1n) is 7.94. The van der Waals surface area contributed by atoms with Gasteiger partial charge < -0.3 is 5.32 Å². The maximum atomic E-state index is 12.5. The summed E-state index contributed by atoms with van der Waals surface area (Å²) in [4.78, 5) is 29.0. The van der Waals surface area contributed by atoms with E-state index in [9.17, 15) is 9.59 Å². The molecule has 3 aromatic rings. The average molecular weight is 404 g/mol. The lowest BCUT2D eigenvalue weighted by atomic mass is 10.2. The fourth-order valence-electron chi connectivity index (χ4n) is 2.54. The summed E-state index contributed by atoms with van der Waals surface area (Å²) in [5.41, 5.74) is 0.473. The number of hydrogen-bond donors (Lipinski definition) is 1. The van der Waals surface area contributed by atoms with Crippen LogP contribution in [0.5, 0.6) is 0 Å². The lowest BCUT2D eigenvalue weighted by Crippen LogP contribution is -2.24. The Bertz CT molecular complexity index is 977. The lowest BCUT2D eigenvalue weighted by Gasteiger charge is -2.12. The number of aryl methyl sites for hydroxylation is 1. The number of carbonyl (C=O) groups excluding carboxylic acids is 1. The van der Waals surface area contributed by atoms with Crippen molar-refractivity contribution in [3.05, 3.63) is 51.6 Å². The molecular weight excluding hydrogens is 386 g/mol. The van der Waals surface area contributed by atoms with Crippen LogP contribution in [0.25, 0.3) is 10.9 Å². The van der Waals surface area contributed by atoms with E-state index in [0.717, 1.165) is 4.47 Å². The van der Waals surface area contributed by atoms with Crippen molar-refractivity contribution in [3.63, 3.8) is 0 Å². The van der Waals surface area contributed by atoms with E-state index in [-0.39, 0.29) is 30.5 Å². The van der Waals surface area contributed by atoms with Crippen LogP contribution in [0.3, 0.4) is 0 Å². The lowest BCUT2D eigenvalue weighted by molar-refractivity contribution is -0.116. The summed E-state index contributed by atoms with van der Waals surface area (Å²) < 4.78 is 4.00. The third-order valence-electron chi connectivity index (χ3n) is 3.79. The fraction of sp³-hybridized carbons (Fsp3) is 0.294. The van der Waals surface area contributed by atoms with Gasteiger partial charge in [-0.05, 0) is 32.0 Å². The van der Waals surface area contributed by atoms with Crippen LogP contribution >= 0.6 is 15.9 Å². The van der Waals surface area contributed by atoms with E-state index in [2.05, 4.69) is 31.3 Å². The van der Waals surface area contributed by atoms with Gasteiger partial charge in [-0.2, -0.15) is 5.10 Å². The van der Waals surface area contributed by atoms with Crippen LogP contribution < -0.4 is 10.9 Å². The molecule has 0 aliphatic carbocycles. The molecule has 25 heavy (non-hydrogen) atoms. The van der Waals surface area contributed by atoms with Gasteiger partial charge in [-0.3, -0.25) is 14.2 Å². The summed E-state index contributed by atoms with van der Waals surface area (Å²) >= 11 is 3.36. The van der Waals surface area contributed by atoms with Gasteiger partial charge in [0.25, 0.3) is 5.56 Å². The predicted octanol–water partition coefficient (Wildman–Crippen LogP) is 2.97. The molecule has 0 bridgehead atoms. The molecule has 0 spiro atoms. The second-order valence-electron chi connectivity index (χ2n) is 5.96. The zero-order valence-corrected chi connectivity index (χ0v) is 15.5. The smallest absolute Gasteiger partial charge is 0.261 e. The predicted molar refractivity (Wildman–Crippen MR) is 99.6 cm³/mol. The Hall–Kier alpha value is -2.48. The molecule has 1 N–H and O–H groups in total. The van der Waals surface area contributed by atoms with E-state index in [4.69, 9.17) is 0 Å². The molecule has 2 aromatic heterocycles. The molecule has 0 fully saturated rings. The number of nitrogens with zero attached hydrogens (tertiary/aromatic N) is 4. The minimum atomic E-state index is -0.177. The second kappa shape index (κ2) is 7.18. The molecule has 8 heteroatoms. The molecule has 1 aromatic carbocycles. The molecule has 130 valence electrons. The Morgan fingerprint density at radius 1 is 1.32 bits per heavy atom. The molecule has 0 radical (unpaired) electrons. The highest BCUT2D eigenvalue weighted by molar-refractivity contribution is 9.10. The van der Waals surface area contributed by atoms with Gasteiger partial charge in [-0.25, -0.2) is 9.67 Å². The van der Waals surface area contributed by atoms with Crippen molar-refractivity contribution in [2.45, 2.75) is 32.9 Å². The van der Waals surface area contributed by atoms with Gasteiger partial charge in [0.15, 0.2) is 0 Å². The number of benzene rings is 1. The van der Waals surface area contributed by atoms with Gasteiger partial charge in [0.1, 0.15) is 5.82 Å². The van der Waals surface area contributed by atoms with Crippen molar-refractivity contribution >= 4 is 38.6 Å². The Morgan fingerprint density at radius 3 is 2.88 bits per heavy atom. The van der Waals surface area contributed by atoms with Crippen LogP contribution in [0, 0.1) is 0 Å². The largest absolute Gasteiger partial charge is 0.311 e. The Labute approximate surface area is 152 Å². The van der Waals surface area contributed by atoms with E-state index >= 15 is 0 Å². The third kappa shape index (κ3) is 3.79. The standard InChI is InChI=1S/C17H18BrN5O2/c1-11(2)23-15(5-7-20-23)21-16(24)6-8-22-10-19-14-4-3-12(18)9-13(14)17(22)25/h3-5,7,9-11H,6,8H2,1-2H3,(H,21,24). The van der Waals surface area contributed by atoms with Crippen molar-refractivity contribution < 1.29 is 4.79 Å². The minimum Gasteiger partial charge on any atom is -0.311 e. The van der Waals surface area contributed by atoms with Crippen LogP contribution in [0.4, 0.5) is 5.82 Å². The first kappa shape index (κ1) is 17.3. The number of anilines is 1. The summed E-state index contributed by atoms with van der Waals surface area (Å²) in [7, 11) is 0. The number of carbonyl (C=O) groups is 1. The molecule has 0 unspecified atom stereocenters. The summed E-state index contributed by atoms with van der Waals surface area (Å²) in [5, 5.41) is 7.53. The van der Waals surface area contributed by atoms with Crippen LogP contribution in [-0.2, 0) is 11.3 Å². The van der Waals surface area contributed by atoms with Gasteiger partial charge in [-0.15, -0.1) is 0 Å². The summed E-state index contributed by atoms with van der Waals surface area (Å²) in [5.74, 6) is 0.469. The molecule has 0 aliphatic heterocycles. The molecule has 0 atom stereocenters. The van der Waals surface area contributed by atoms with Crippen molar-refractivity contribution in [1.82, 2.24) is 19.3 Å². The molecule has 1 amide bonds. The number of halogens is 1. The van der Waals surface area contributed by atoms with Crippen LogP contribution in [0.15, 0.2) is 46.1 Å². The van der Waals surface area contributed by atoms with E-state index in [1.807, 2.05) is 19.9 Å². The van der Waals surface area contributed by atoms with Gasteiger partial charge in [0.2, 0.25) is 5.91 Å². The van der Waals surface area contributed by atoms with Gasteiger partial charge in [-0.1, -0.05) is 15.9 Å². The van der Waals surface area contributed by atoms with Crippen molar-refractivity contribution in [2.75, 3.05) is 5.32 Å². The zero-order chi connectivity index (χ0) is 18.0. The highest BCUT2D eigenvalue weighted by Crippen LogP contribution is 2.15. The monoisotopic (exact) mass is 403 g/mol. The SMILES string of the molecule is CC(C)n1nccc1NC(=O)CCn1cnc2ccc(Br)cc2c1=O. The fourth-order valence-corrected chi connectivity index (χ4v) is 2.90. The topological polar surface area (TPSA) is 81.8 Å². The number of hydrogen-bond acceptors (Lipinski definition) is 4. The van der Waals surface area contributed by atoms with E-state index in [1.165, 1.54) is 10.9 Å². The van der Waals surface area contributed by atoms with Gasteiger partial charge in [0.05, 0.1) is 23.4 Å². The first-order valence-corrected chi connectivity index (χ1v) is 8.73. The Balaban J connectivity index is 1.72. The highest BCUT2D eigenvalue weighted by atomic mass is 79.9. The van der Waals surface area contributed by atoms with Crippen molar-refractivity contribution in [3.8, 4) is 0 Å². The molecule has 0 aliphatic rings. The number of nitrogens with one attached hydrogen (secondary N) is 1. The summed E-state index contributed by atoms with van der Waals surface area (Å²) in [6, 6.07) is 7.26. The summed E-state index contributed by atoms with van der Waals surface area (Å²) in [6.45, 7) is 4.23. The van der Waals surface area contributed by atoms with Crippen molar-refractivity contribution in [2.24, 2.45) is 0 Å². The molecule has 2 heterocycles. The maximum absolute atomic E-state index is 12.5. The van der Waals surface area contributed by atoms with E-state index in [0.29, 0.717) is 16.7 Å². The van der Waals surface area contributed by atoms with Gasteiger partial charge in [0, 0.05) is 29.5 Å². The first-order chi connectivity index (χ1) is 12.0. The normalized spacial score (nSPS) is 11.2. The average Bonchev–Trinajstić information content (AvgIpc) is 3.03. The number of rotatable bonds is 5.